The van der Waals surface area contributed by atoms with Crippen molar-refractivity contribution in [2.24, 2.45) is 0 Å². The van der Waals surface area contributed by atoms with Gasteiger partial charge in [-0.1, -0.05) is 131 Å². The Bertz CT molecular complexity index is 3440. The van der Waals surface area contributed by atoms with Gasteiger partial charge in [0.25, 0.3) is 0 Å². The van der Waals surface area contributed by atoms with Crippen molar-refractivity contribution in [1.82, 2.24) is 28.7 Å². The minimum atomic E-state index is 0.0706. The van der Waals surface area contributed by atoms with Gasteiger partial charge in [-0.3, -0.25) is 9.13 Å². The number of aromatic nitrogens is 6. The molecule has 12 rings (SSSR count). The zero-order valence-electron chi connectivity index (χ0n) is 33.6. The molecule has 59 heavy (non-hydrogen) atoms. The van der Waals surface area contributed by atoms with Crippen molar-refractivity contribution in [3.8, 4) is 29.0 Å². The van der Waals surface area contributed by atoms with Crippen molar-refractivity contribution in [1.29, 1.82) is 0 Å². The largest absolute Gasteiger partial charge is 0.309 e. The second-order valence-electron chi connectivity index (χ2n) is 17.6. The van der Waals surface area contributed by atoms with E-state index < -0.39 is 0 Å². The Balaban J connectivity index is 1.21. The lowest BCUT2D eigenvalue weighted by Gasteiger charge is -2.42. The summed E-state index contributed by atoms with van der Waals surface area (Å²) in [5, 5.41) is 7.10. The quantitative estimate of drug-likeness (QED) is 0.179. The summed E-state index contributed by atoms with van der Waals surface area (Å²) in [6.07, 6.45) is 2.32. The molecule has 0 N–H and O–H groups in total. The van der Waals surface area contributed by atoms with Crippen LogP contribution in [0.1, 0.15) is 51.7 Å². The lowest BCUT2D eigenvalue weighted by Crippen LogP contribution is -2.33. The van der Waals surface area contributed by atoms with E-state index in [1.54, 1.807) is 0 Å². The van der Waals surface area contributed by atoms with E-state index in [-0.39, 0.29) is 10.8 Å². The molecule has 1 aliphatic rings. The molecule has 0 radical (unpaired) electrons. The molecule has 0 unspecified atom stereocenters. The molecule has 0 saturated heterocycles. The summed E-state index contributed by atoms with van der Waals surface area (Å²) in [5.41, 5.74) is 11.8. The van der Waals surface area contributed by atoms with Crippen LogP contribution in [0.25, 0.3) is 94.4 Å². The van der Waals surface area contributed by atoms with Gasteiger partial charge < -0.3 is 4.57 Å². The minimum absolute atomic E-state index is 0.0706. The Kier molecular flexibility index (Phi) is 7.05. The molecular weight excluding hydrogens is 721 g/mol. The fourth-order valence-corrected chi connectivity index (χ4v) is 10.0. The summed E-state index contributed by atoms with van der Waals surface area (Å²) in [6, 6.07) is 56.6. The molecule has 0 bridgehead atoms. The van der Waals surface area contributed by atoms with E-state index in [9.17, 15) is 0 Å². The smallest absolute Gasteiger partial charge is 0.240 e. The molecule has 7 aromatic carbocycles. The second-order valence-corrected chi connectivity index (χ2v) is 17.6. The van der Waals surface area contributed by atoms with Gasteiger partial charge in [0, 0.05) is 43.6 Å². The topological polar surface area (TPSA) is 53.5 Å². The molecule has 6 nitrogen and oxygen atoms in total. The zero-order chi connectivity index (χ0) is 39.6. The van der Waals surface area contributed by atoms with Crippen molar-refractivity contribution in [2.75, 3.05) is 0 Å². The Morgan fingerprint density at radius 3 is 1.36 bits per heavy atom. The lowest BCUT2D eigenvalue weighted by molar-refractivity contribution is 0.332. The van der Waals surface area contributed by atoms with Crippen molar-refractivity contribution in [3.05, 3.63) is 169 Å². The van der Waals surface area contributed by atoms with Crippen LogP contribution in [0.15, 0.2) is 158 Å². The molecule has 6 heteroatoms. The third-order valence-electron chi connectivity index (χ3n) is 13.2. The summed E-state index contributed by atoms with van der Waals surface area (Å²) >= 11 is 0. The predicted octanol–water partition coefficient (Wildman–Crippen LogP) is 13.2. The number of para-hydroxylation sites is 4. The van der Waals surface area contributed by atoms with E-state index >= 15 is 0 Å². The highest BCUT2D eigenvalue weighted by atomic mass is 15.3. The number of hydrogen-bond donors (Lipinski definition) is 0. The monoisotopic (exact) mass is 762 g/mol. The lowest BCUT2D eigenvalue weighted by atomic mass is 9.63. The summed E-state index contributed by atoms with van der Waals surface area (Å²) in [5.74, 6) is 1.78. The summed E-state index contributed by atoms with van der Waals surface area (Å²) < 4.78 is 6.92. The fraction of sp³-hybridized carbons (Fsp3) is 0.151. The Morgan fingerprint density at radius 2 is 0.780 bits per heavy atom. The predicted molar refractivity (Wildman–Crippen MR) is 244 cm³/mol. The Labute approximate surface area is 342 Å². The van der Waals surface area contributed by atoms with Gasteiger partial charge in [0.1, 0.15) is 0 Å². The molecule has 0 atom stereocenters. The maximum atomic E-state index is 5.43. The Hall–Kier alpha value is -7.05. The average molecular weight is 763 g/mol. The number of nitrogens with zero attached hydrogens (tertiary/aromatic N) is 6. The first-order chi connectivity index (χ1) is 28.7. The maximum Gasteiger partial charge on any atom is 0.240 e. The SMILES string of the molecule is CC1(C)CCC(C)(C)c2cc3c(cc21)c1cc2c(cc1n3-c1ccccc1)c1ccccc1n2-c1nc(-c2ccccc2)nc(-n2c3ccccc3c3ccccc32)n1. The molecule has 0 aliphatic heterocycles. The fourth-order valence-electron chi connectivity index (χ4n) is 10.0. The maximum absolute atomic E-state index is 5.43. The second kappa shape index (κ2) is 12.2. The van der Waals surface area contributed by atoms with Gasteiger partial charge in [0.15, 0.2) is 5.82 Å². The molecule has 0 fully saturated rings. The van der Waals surface area contributed by atoms with Crippen LogP contribution in [0.4, 0.5) is 0 Å². The molecule has 1 aliphatic carbocycles. The van der Waals surface area contributed by atoms with Gasteiger partial charge in [-0.25, -0.2) is 0 Å². The number of benzene rings is 7. The van der Waals surface area contributed by atoms with Gasteiger partial charge in [-0.05, 0) is 89.4 Å². The number of hydrogen-bond acceptors (Lipinski definition) is 3. The number of fused-ring (bicyclic) bond motifs is 10. The minimum Gasteiger partial charge on any atom is -0.309 e. The standard InChI is InChI=1S/C53H42N6/c1-52(2)27-28-53(3,4)42-32-48-38(29-41(42)52)40-31-47-39(30-46(40)57(48)34-19-9-6-10-20-34)37-23-13-16-26-45(37)59(47)51-55-49(33-17-7-5-8-18-33)54-50(56-51)58-43-24-14-11-21-35(43)36-22-12-15-25-44(36)58/h5-26,29-32H,27-28H2,1-4H3. The average Bonchev–Trinajstić information content (AvgIpc) is 3.89. The van der Waals surface area contributed by atoms with E-state index in [4.69, 9.17) is 15.0 Å². The van der Waals surface area contributed by atoms with Gasteiger partial charge in [-0.2, -0.15) is 15.0 Å². The van der Waals surface area contributed by atoms with Gasteiger partial charge >= 0.3 is 0 Å². The third kappa shape index (κ3) is 4.96. The molecule has 4 heterocycles. The highest BCUT2D eigenvalue weighted by molar-refractivity contribution is 6.19. The van der Waals surface area contributed by atoms with Gasteiger partial charge in [0.05, 0.1) is 33.1 Å². The van der Waals surface area contributed by atoms with E-state index in [1.807, 2.05) is 18.2 Å². The normalized spacial score (nSPS) is 14.9. The van der Waals surface area contributed by atoms with Crippen LogP contribution < -0.4 is 0 Å². The highest BCUT2D eigenvalue weighted by Crippen LogP contribution is 2.49. The number of rotatable bonds is 4. The van der Waals surface area contributed by atoms with Crippen molar-refractivity contribution >= 4 is 65.4 Å². The first-order valence-electron chi connectivity index (χ1n) is 20.7. The Morgan fingerprint density at radius 1 is 0.373 bits per heavy atom. The molecule has 284 valence electrons. The van der Waals surface area contributed by atoms with Gasteiger partial charge in [0.2, 0.25) is 11.9 Å². The molecule has 0 amide bonds. The molecule has 4 aromatic heterocycles. The van der Waals surface area contributed by atoms with E-state index in [2.05, 4.69) is 181 Å². The first-order valence-corrected chi connectivity index (χ1v) is 20.7. The molecule has 0 saturated carbocycles. The van der Waals surface area contributed by atoms with Crippen LogP contribution in [0.3, 0.4) is 0 Å². The van der Waals surface area contributed by atoms with Crippen molar-refractivity contribution in [2.45, 2.75) is 51.4 Å². The van der Waals surface area contributed by atoms with Crippen LogP contribution in [0, 0.1) is 0 Å². The molecule has 0 spiro atoms. The summed E-state index contributed by atoms with van der Waals surface area (Å²) in [4.78, 5) is 16.0. The molecule has 11 aromatic rings. The first kappa shape index (κ1) is 34.0. The van der Waals surface area contributed by atoms with Crippen LogP contribution in [-0.4, -0.2) is 28.7 Å². The van der Waals surface area contributed by atoms with Crippen molar-refractivity contribution < 1.29 is 0 Å². The van der Waals surface area contributed by atoms with Crippen LogP contribution in [0.2, 0.25) is 0 Å². The van der Waals surface area contributed by atoms with E-state index in [0.29, 0.717) is 17.7 Å². The van der Waals surface area contributed by atoms with Gasteiger partial charge in [-0.15, -0.1) is 0 Å². The van der Waals surface area contributed by atoms with E-state index in [1.165, 1.54) is 32.9 Å². The summed E-state index contributed by atoms with van der Waals surface area (Å²) in [6.45, 7) is 9.66. The zero-order valence-corrected chi connectivity index (χ0v) is 33.6. The highest BCUT2D eigenvalue weighted by Gasteiger charge is 2.38. The van der Waals surface area contributed by atoms with Crippen LogP contribution in [0.5, 0.6) is 0 Å². The summed E-state index contributed by atoms with van der Waals surface area (Å²) in [7, 11) is 0. The van der Waals surface area contributed by atoms with Crippen molar-refractivity contribution in [3.63, 3.8) is 0 Å². The van der Waals surface area contributed by atoms with Crippen LogP contribution in [-0.2, 0) is 10.8 Å². The third-order valence-corrected chi connectivity index (χ3v) is 13.2. The molecular formula is C53H42N6. The van der Waals surface area contributed by atoms with E-state index in [0.717, 1.165) is 67.7 Å². The van der Waals surface area contributed by atoms with Crippen LogP contribution >= 0.6 is 0 Å².